The molecule has 0 aromatic heterocycles. The highest BCUT2D eigenvalue weighted by molar-refractivity contribution is 5.79. The van der Waals surface area contributed by atoms with E-state index in [1.807, 2.05) is 0 Å². The van der Waals surface area contributed by atoms with Crippen molar-refractivity contribution in [3.8, 4) is 0 Å². The second-order valence-corrected chi connectivity index (χ2v) is 6.57. The second kappa shape index (κ2) is 7.09. The number of carboxylic acids is 1. The molecular formula is C16H27NO3. The minimum atomic E-state index is -0.730. The quantitative estimate of drug-likeness (QED) is 0.786. The standard InChI is InChI=1S/C16H27NO3/c1-2-3-4-11-5-7-12(8-6-11)15(18)17-14-9-13(10-14)16(19)20/h11-14H,2-10H2,1H3,(H,17,18)(H,19,20). The van der Waals surface area contributed by atoms with Gasteiger partial charge >= 0.3 is 5.97 Å². The maximum Gasteiger partial charge on any atom is 0.306 e. The van der Waals surface area contributed by atoms with E-state index in [0.29, 0.717) is 12.8 Å². The molecule has 0 unspecified atom stereocenters. The van der Waals surface area contributed by atoms with Crippen molar-refractivity contribution in [1.29, 1.82) is 0 Å². The Morgan fingerprint density at radius 3 is 2.30 bits per heavy atom. The molecule has 0 aromatic rings. The van der Waals surface area contributed by atoms with Crippen LogP contribution in [-0.4, -0.2) is 23.0 Å². The fraction of sp³-hybridized carbons (Fsp3) is 0.875. The average molecular weight is 281 g/mol. The van der Waals surface area contributed by atoms with Crippen LogP contribution in [0.3, 0.4) is 0 Å². The fourth-order valence-electron chi connectivity index (χ4n) is 3.46. The first-order chi connectivity index (χ1) is 9.60. The van der Waals surface area contributed by atoms with Crippen molar-refractivity contribution in [2.45, 2.75) is 70.8 Å². The van der Waals surface area contributed by atoms with Gasteiger partial charge in [0.25, 0.3) is 0 Å². The van der Waals surface area contributed by atoms with Crippen LogP contribution in [0.1, 0.15) is 64.7 Å². The summed E-state index contributed by atoms with van der Waals surface area (Å²) in [6.07, 6.45) is 9.46. The molecule has 0 heterocycles. The monoisotopic (exact) mass is 281 g/mol. The van der Waals surface area contributed by atoms with Gasteiger partial charge in [-0.15, -0.1) is 0 Å². The number of hydrogen-bond acceptors (Lipinski definition) is 2. The number of carbonyl (C=O) groups is 2. The van der Waals surface area contributed by atoms with E-state index in [4.69, 9.17) is 5.11 Å². The molecule has 4 nitrogen and oxygen atoms in total. The van der Waals surface area contributed by atoms with Crippen LogP contribution in [-0.2, 0) is 9.59 Å². The fourth-order valence-corrected chi connectivity index (χ4v) is 3.46. The third-order valence-electron chi connectivity index (χ3n) is 5.02. The molecule has 0 aromatic carbocycles. The molecule has 0 saturated heterocycles. The Bertz CT molecular complexity index is 342. The lowest BCUT2D eigenvalue weighted by Gasteiger charge is -2.35. The number of carbonyl (C=O) groups excluding carboxylic acids is 1. The molecule has 2 N–H and O–H groups in total. The number of rotatable bonds is 6. The topological polar surface area (TPSA) is 66.4 Å². The van der Waals surface area contributed by atoms with Crippen molar-refractivity contribution < 1.29 is 14.7 Å². The molecule has 2 saturated carbocycles. The summed E-state index contributed by atoms with van der Waals surface area (Å²) in [5.74, 6) is 0.167. The first-order valence-electron chi connectivity index (χ1n) is 8.13. The van der Waals surface area contributed by atoms with Crippen molar-refractivity contribution >= 4 is 11.9 Å². The maximum absolute atomic E-state index is 12.1. The van der Waals surface area contributed by atoms with E-state index in [1.54, 1.807) is 0 Å². The molecule has 0 radical (unpaired) electrons. The lowest BCUT2D eigenvalue weighted by molar-refractivity contribution is -0.146. The zero-order chi connectivity index (χ0) is 14.5. The zero-order valence-electron chi connectivity index (χ0n) is 12.4. The largest absolute Gasteiger partial charge is 0.481 e. The number of amides is 1. The van der Waals surface area contributed by atoms with Crippen LogP contribution >= 0.6 is 0 Å². The smallest absolute Gasteiger partial charge is 0.306 e. The number of hydrogen-bond donors (Lipinski definition) is 2. The first-order valence-corrected chi connectivity index (χ1v) is 8.13. The molecule has 0 spiro atoms. The summed E-state index contributed by atoms with van der Waals surface area (Å²) in [5.41, 5.74) is 0. The maximum atomic E-state index is 12.1. The van der Waals surface area contributed by atoms with E-state index < -0.39 is 5.97 Å². The summed E-state index contributed by atoms with van der Waals surface area (Å²) in [6, 6.07) is 0.0985. The predicted octanol–water partition coefficient (Wildman–Crippen LogP) is 2.96. The van der Waals surface area contributed by atoms with E-state index in [1.165, 1.54) is 32.1 Å². The Kier molecular flexibility index (Phi) is 5.44. The average Bonchev–Trinajstić information content (AvgIpc) is 2.40. The number of nitrogens with one attached hydrogen (secondary N) is 1. The Hall–Kier alpha value is -1.06. The summed E-state index contributed by atoms with van der Waals surface area (Å²) in [7, 11) is 0. The van der Waals surface area contributed by atoms with E-state index in [9.17, 15) is 9.59 Å². The summed E-state index contributed by atoms with van der Waals surface area (Å²) >= 11 is 0. The second-order valence-electron chi connectivity index (χ2n) is 6.57. The summed E-state index contributed by atoms with van der Waals surface area (Å²) in [6.45, 7) is 2.22. The van der Waals surface area contributed by atoms with Gasteiger partial charge < -0.3 is 10.4 Å². The van der Waals surface area contributed by atoms with Crippen LogP contribution in [0, 0.1) is 17.8 Å². The third-order valence-corrected chi connectivity index (χ3v) is 5.02. The third kappa shape index (κ3) is 3.97. The minimum Gasteiger partial charge on any atom is -0.481 e. The highest BCUT2D eigenvalue weighted by Crippen LogP contribution is 2.33. The van der Waals surface area contributed by atoms with Crippen LogP contribution in [0.5, 0.6) is 0 Å². The molecule has 2 rings (SSSR count). The van der Waals surface area contributed by atoms with Gasteiger partial charge in [-0.25, -0.2) is 0 Å². The Labute approximate surface area is 121 Å². The summed E-state index contributed by atoms with van der Waals surface area (Å²) in [4.78, 5) is 22.9. The van der Waals surface area contributed by atoms with Gasteiger partial charge in [0, 0.05) is 12.0 Å². The van der Waals surface area contributed by atoms with Gasteiger partial charge in [-0.2, -0.15) is 0 Å². The molecule has 0 bridgehead atoms. The van der Waals surface area contributed by atoms with Gasteiger partial charge in [-0.3, -0.25) is 9.59 Å². The van der Waals surface area contributed by atoms with Crippen molar-refractivity contribution in [1.82, 2.24) is 5.32 Å². The van der Waals surface area contributed by atoms with Crippen LogP contribution in [0.4, 0.5) is 0 Å². The van der Waals surface area contributed by atoms with Gasteiger partial charge in [0.15, 0.2) is 0 Å². The Morgan fingerprint density at radius 1 is 1.10 bits per heavy atom. The van der Waals surface area contributed by atoms with Gasteiger partial charge in [0.05, 0.1) is 5.92 Å². The van der Waals surface area contributed by atoms with Gasteiger partial charge in [0.1, 0.15) is 0 Å². The van der Waals surface area contributed by atoms with Crippen LogP contribution < -0.4 is 5.32 Å². The predicted molar refractivity (Wildman–Crippen MR) is 77.3 cm³/mol. The SMILES string of the molecule is CCCCC1CCC(C(=O)NC2CC(C(=O)O)C2)CC1. The molecule has 20 heavy (non-hydrogen) atoms. The molecule has 0 aliphatic heterocycles. The number of unbranched alkanes of at least 4 members (excludes halogenated alkanes) is 1. The highest BCUT2D eigenvalue weighted by Gasteiger charge is 2.36. The van der Waals surface area contributed by atoms with Crippen LogP contribution in [0.15, 0.2) is 0 Å². The molecule has 0 atom stereocenters. The van der Waals surface area contributed by atoms with Crippen molar-refractivity contribution in [2.24, 2.45) is 17.8 Å². The summed E-state index contributed by atoms with van der Waals surface area (Å²) in [5, 5.41) is 11.8. The number of carboxylic acid groups (broad SMARTS) is 1. The van der Waals surface area contributed by atoms with Crippen LogP contribution in [0.25, 0.3) is 0 Å². The van der Waals surface area contributed by atoms with Crippen LogP contribution in [0.2, 0.25) is 0 Å². The van der Waals surface area contributed by atoms with Gasteiger partial charge in [0.2, 0.25) is 5.91 Å². The van der Waals surface area contributed by atoms with Crippen molar-refractivity contribution in [3.05, 3.63) is 0 Å². The van der Waals surface area contributed by atoms with Crippen molar-refractivity contribution in [2.75, 3.05) is 0 Å². The molecule has 2 fully saturated rings. The molecule has 2 aliphatic rings. The van der Waals surface area contributed by atoms with E-state index in [0.717, 1.165) is 18.8 Å². The number of aliphatic carboxylic acids is 1. The molecule has 114 valence electrons. The van der Waals surface area contributed by atoms with E-state index in [2.05, 4.69) is 12.2 Å². The zero-order valence-corrected chi connectivity index (χ0v) is 12.4. The first kappa shape index (κ1) is 15.3. The molecular weight excluding hydrogens is 254 g/mol. The lowest BCUT2D eigenvalue weighted by atomic mass is 9.77. The Balaban J connectivity index is 1.64. The Morgan fingerprint density at radius 2 is 1.75 bits per heavy atom. The van der Waals surface area contributed by atoms with Crippen molar-refractivity contribution in [3.63, 3.8) is 0 Å². The van der Waals surface area contributed by atoms with E-state index >= 15 is 0 Å². The molecule has 4 heteroatoms. The van der Waals surface area contributed by atoms with Gasteiger partial charge in [-0.05, 0) is 44.4 Å². The van der Waals surface area contributed by atoms with Gasteiger partial charge in [-0.1, -0.05) is 26.2 Å². The molecule has 1 amide bonds. The molecule has 2 aliphatic carbocycles. The normalized spacial score (nSPS) is 33.2. The van der Waals surface area contributed by atoms with E-state index in [-0.39, 0.29) is 23.8 Å². The minimum absolute atomic E-state index is 0.0985. The highest BCUT2D eigenvalue weighted by atomic mass is 16.4. The lowest BCUT2D eigenvalue weighted by Crippen LogP contribution is -2.48. The summed E-state index contributed by atoms with van der Waals surface area (Å²) < 4.78 is 0.